The standard InChI is InChI=1S/C43H35N5O3/c1-42(2,3)25-20-24(29-23-35-38-37-33(50-35)16-11-17-34(37)51-40(38)44-29)21-26(22-25)49-39-27(43(4,5)6)18-19-36(46-39)48-32-15-10-9-14-31(32)47-30-13-8-7-12-28(30)45-41(47)48/h7-23H,1-6H3. The first-order chi connectivity index (χ1) is 24.5. The molecule has 0 aliphatic rings. The van der Waals surface area contributed by atoms with Crippen molar-refractivity contribution >= 4 is 61.1 Å². The average Bonchev–Trinajstić information content (AvgIpc) is 3.85. The van der Waals surface area contributed by atoms with Crippen molar-refractivity contribution in [3.63, 3.8) is 0 Å². The monoisotopic (exact) mass is 669 g/mol. The van der Waals surface area contributed by atoms with E-state index >= 15 is 0 Å². The molecule has 0 saturated carbocycles. The lowest BCUT2D eigenvalue weighted by Gasteiger charge is -2.24. The van der Waals surface area contributed by atoms with E-state index < -0.39 is 0 Å². The molecule has 6 aromatic heterocycles. The molecule has 8 heteroatoms. The molecule has 0 N–H and O–H groups in total. The number of imidazole rings is 2. The van der Waals surface area contributed by atoms with Crippen molar-refractivity contribution in [3.8, 4) is 28.7 Å². The molecule has 0 aliphatic heterocycles. The summed E-state index contributed by atoms with van der Waals surface area (Å²) in [6.07, 6.45) is 0. The smallest absolute Gasteiger partial charge is 0.231 e. The number of hydrogen-bond donors (Lipinski definition) is 0. The molecule has 4 aromatic carbocycles. The molecule has 6 heterocycles. The van der Waals surface area contributed by atoms with Gasteiger partial charge in [0, 0.05) is 17.2 Å². The lowest BCUT2D eigenvalue weighted by Crippen LogP contribution is -2.15. The predicted octanol–water partition coefficient (Wildman–Crippen LogP) is 11.4. The van der Waals surface area contributed by atoms with E-state index in [9.17, 15) is 0 Å². The molecular formula is C43H35N5O3. The van der Waals surface area contributed by atoms with Crippen molar-refractivity contribution < 1.29 is 13.6 Å². The van der Waals surface area contributed by atoms with Gasteiger partial charge < -0.3 is 13.6 Å². The molecule has 0 unspecified atom stereocenters. The first-order valence-corrected chi connectivity index (χ1v) is 17.3. The summed E-state index contributed by atoms with van der Waals surface area (Å²) in [4.78, 5) is 15.3. The van der Waals surface area contributed by atoms with Crippen LogP contribution in [0, 0.1) is 0 Å². The Kier molecular flexibility index (Phi) is 5.95. The third-order valence-corrected chi connectivity index (χ3v) is 9.89. The van der Waals surface area contributed by atoms with Gasteiger partial charge in [0.05, 0.1) is 38.5 Å². The fraction of sp³-hybridized carbons (Fsp3) is 0.186. The van der Waals surface area contributed by atoms with Gasteiger partial charge in [0.1, 0.15) is 28.3 Å². The minimum Gasteiger partial charge on any atom is -0.456 e. The number of rotatable bonds is 4. The van der Waals surface area contributed by atoms with Crippen molar-refractivity contribution in [1.29, 1.82) is 0 Å². The Morgan fingerprint density at radius 3 is 2.14 bits per heavy atom. The maximum Gasteiger partial charge on any atom is 0.231 e. The van der Waals surface area contributed by atoms with E-state index in [1.54, 1.807) is 0 Å². The predicted molar refractivity (Wildman–Crippen MR) is 203 cm³/mol. The van der Waals surface area contributed by atoms with E-state index in [2.05, 4.69) is 99.0 Å². The first-order valence-electron chi connectivity index (χ1n) is 17.3. The van der Waals surface area contributed by atoms with Crippen LogP contribution in [0.1, 0.15) is 52.7 Å². The summed E-state index contributed by atoms with van der Waals surface area (Å²) in [6.45, 7) is 13.1. The van der Waals surface area contributed by atoms with Crippen molar-refractivity contribution in [2.75, 3.05) is 0 Å². The van der Waals surface area contributed by atoms with Crippen LogP contribution < -0.4 is 4.74 Å². The number of pyridine rings is 2. The SMILES string of the molecule is CC(C)(C)c1cc(Oc2nc(-n3c4ccccc4n4c5ccccc5nc34)ccc2C(C)(C)C)cc(-c2cc3oc4cccc5oc(n2)c3c45)c1. The fourth-order valence-corrected chi connectivity index (χ4v) is 7.31. The van der Waals surface area contributed by atoms with Crippen LogP contribution in [0.25, 0.3) is 78.2 Å². The van der Waals surface area contributed by atoms with Gasteiger partial charge in [-0.25, -0.2) is 9.97 Å². The third kappa shape index (κ3) is 4.49. The molecule has 10 aromatic rings. The summed E-state index contributed by atoms with van der Waals surface area (Å²) in [5.74, 6) is 2.73. The van der Waals surface area contributed by atoms with E-state index in [4.69, 9.17) is 28.5 Å². The summed E-state index contributed by atoms with van der Waals surface area (Å²) in [6, 6.07) is 34.9. The molecule has 0 spiro atoms. The highest BCUT2D eigenvalue weighted by Gasteiger charge is 2.26. The quantitative estimate of drug-likeness (QED) is 0.185. The average molecular weight is 670 g/mol. The van der Waals surface area contributed by atoms with Crippen LogP contribution in [-0.4, -0.2) is 23.9 Å². The second-order valence-electron chi connectivity index (χ2n) is 15.4. The normalized spacial score (nSPS) is 12.9. The van der Waals surface area contributed by atoms with Gasteiger partial charge in [-0.15, -0.1) is 0 Å². The number of benzene rings is 4. The van der Waals surface area contributed by atoms with E-state index in [0.29, 0.717) is 17.3 Å². The van der Waals surface area contributed by atoms with E-state index in [1.807, 2.05) is 54.6 Å². The number of aromatic nitrogens is 5. The molecule has 0 saturated heterocycles. The maximum absolute atomic E-state index is 6.91. The summed E-state index contributed by atoms with van der Waals surface area (Å²) in [7, 11) is 0. The molecular weight excluding hydrogens is 635 g/mol. The number of ether oxygens (including phenoxy) is 1. The number of para-hydroxylation sites is 4. The van der Waals surface area contributed by atoms with Gasteiger partial charge in [0.15, 0.2) is 0 Å². The zero-order valence-electron chi connectivity index (χ0n) is 29.3. The Bertz CT molecular complexity index is 2920. The largest absolute Gasteiger partial charge is 0.456 e. The highest BCUT2D eigenvalue weighted by molar-refractivity contribution is 6.19. The van der Waals surface area contributed by atoms with Crippen molar-refractivity contribution in [3.05, 3.63) is 114 Å². The zero-order chi connectivity index (χ0) is 34.8. The molecule has 0 bridgehead atoms. The minimum atomic E-state index is -0.241. The van der Waals surface area contributed by atoms with Crippen molar-refractivity contribution in [1.82, 2.24) is 23.9 Å². The lowest BCUT2D eigenvalue weighted by atomic mass is 9.85. The van der Waals surface area contributed by atoms with Crippen molar-refractivity contribution in [2.45, 2.75) is 52.4 Å². The Morgan fingerprint density at radius 1 is 0.608 bits per heavy atom. The summed E-state index contributed by atoms with van der Waals surface area (Å²) >= 11 is 0. The van der Waals surface area contributed by atoms with Crippen LogP contribution in [0.3, 0.4) is 0 Å². The molecule has 51 heavy (non-hydrogen) atoms. The highest BCUT2D eigenvalue weighted by Crippen LogP contribution is 2.42. The summed E-state index contributed by atoms with van der Waals surface area (Å²) in [5, 5.41) is 1.89. The third-order valence-electron chi connectivity index (χ3n) is 9.89. The number of nitrogens with zero attached hydrogens (tertiary/aromatic N) is 5. The number of hydrogen-bond acceptors (Lipinski definition) is 6. The second-order valence-corrected chi connectivity index (χ2v) is 15.4. The highest BCUT2D eigenvalue weighted by atomic mass is 16.5. The van der Waals surface area contributed by atoms with Gasteiger partial charge in [-0.3, -0.25) is 8.97 Å². The Hall–Kier alpha value is -6.15. The molecule has 0 radical (unpaired) electrons. The zero-order valence-corrected chi connectivity index (χ0v) is 29.3. The van der Waals surface area contributed by atoms with Crippen LogP contribution in [0.15, 0.2) is 112 Å². The molecule has 250 valence electrons. The fourth-order valence-electron chi connectivity index (χ4n) is 7.31. The van der Waals surface area contributed by atoms with Crippen LogP contribution in [0.4, 0.5) is 0 Å². The lowest BCUT2D eigenvalue weighted by molar-refractivity contribution is 0.434. The van der Waals surface area contributed by atoms with Crippen LogP contribution in [0.5, 0.6) is 11.6 Å². The van der Waals surface area contributed by atoms with E-state index in [0.717, 1.165) is 83.6 Å². The molecule has 10 rings (SSSR count). The number of fused-ring (bicyclic) bond motifs is 5. The van der Waals surface area contributed by atoms with E-state index in [1.165, 1.54) is 0 Å². The summed E-state index contributed by atoms with van der Waals surface area (Å²) in [5.41, 5.74) is 10.3. The summed E-state index contributed by atoms with van der Waals surface area (Å²) < 4.78 is 23.7. The van der Waals surface area contributed by atoms with E-state index in [-0.39, 0.29) is 10.8 Å². The molecule has 0 fully saturated rings. The second kappa shape index (κ2) is 10.2. The Morgan fingerprint density at radius 2 is 1.35 bits per heavy atom. The van der Waals surface area contributed by atoms with Gasteiger partial charge in [-0.05, 0) is 83.1 Å². The number of furan rings is 2. The van der Waals surface area contributed by atoms with Crippen molar-refractivity contribution in [2.24, 2.45) is 0 Å². The maximum atomic E-state index is 6.91. The van der Waals surface area contributed by atoms with Crippen LogP contribution in [-0.2, 0) is 10.8 Å². The molecule has 0 atom stereocenters. The van der Waals surface area contributed by atoms with Gasteiger partial charge in [0.25, 0.3) is 0 Å². The first kappa shape index (κ1) is 29.7. The minimum absolute atomic E-state index is 0.168. The van der Waals surface area contributed by atoms with Gasteiger partial charge in [-0.2, -0.15) is 4.98 Å². The molecule has 0 aliphatic carbocycles. The molecule has 0 amide bonds. The Balaban J connectivity index is 1.15. The van der Waals surface area contributed by atoms with Gasteiger partial charge in [-0.1, -0.05) is 71.9 Å². The van der Waals surface area contributed by atoms with Gasteiger partial charge in [0.2, 0.25) is 17.4 Å². The van der Waals surface area contributed by atoms with Gasteiger partial charge >= 0.3 is 0 Å². The molecule has 8 nitrogen and oxygen atoms in total. The topological polar surface area (TPSA) is 83.5 Å². The van der Waals surface area contributed by atoms with Crippen LogP contribution in [0.2, 0.25) is 0 Å². The Labute approximate surface area is 293 Å². The van der Waals surface area contributed by atoms with Crippen LogP contribution >= 0.6 is 0 Å².